The van der Waals surface area contributed by atoms with Crippen LogP contribution in [0.1, 0.15) is 23.6 Å². The minimum atomic E-state index is -4.50. The van der Waals surface area contributed by atoms with Gasteiger partial charge in [-0.05, 0) is 30.1 Å². The third-order valence-corrected chi connectivity index (χ3v) is 2.55. The van der Waals surface area contributed by atoms with E-state index >= 15 is 0 Å². The van der Waals surface area contributed by atoms with Crippen molar-refractivity contribution in [3.8, 4) is 6.07 Å². The van der Waals surface area contributed by atoms with Gasteiger partial charge in [-0.25, -0.2) is 0 Å². The lowest BCUT2D eigenvalue weighted by Gasteiger charge is -2.17. The molecule has 1 aromatic rings. The highest BCUT2D eigenvalue weighted by Gasteiger charge is 2.34. The number of hydrogen-bond acceptors (Lipinski definition) is 3. The van der Waals surface area contributed by atoms with Crippen LogP contribution in [-0.4, -0.2) is 13.1 Å². The average Bonchev–Trinajstić information content (AvgIpc) is 2.42. The minimum Gasteiger partial charge on any atom is -0.298 e. The van der Waals surface area contributed by atoms with E-state index in [-0.39, 0.29) is 18.7 Å². The molecule has 1 unspecified atom stereocenters. The van der Waals surface area contributed by atoms with Gasteiger partial charge in [0.2, 0.25) is 0 Å². The van der Waals surface area contributed by atoms with Gasteiger partial charge in [-0.2, -0.15) is 18.4 Å². The monoisotopic (exact) mass is 283 g/mol. The zero-order chi connectivity index (χ0) is 15.0. The zero-order valence-corrected chi connectivity index (χ0v) is 10.4. The quantitative estimate of drug-likeness (QED) is 0.374. The molecule has 0 saturated heterocycles. The smallest absolute Gasteiger partial charge is 0.298 e. The summed E-state index contributed by atoms with van der Waals surface area (Å²) in [5.74, 6) is 0. The van der Waals surface area contributed by atoms with Gasteiger partial charge in [0.1, 0.15) is 6.04 Å². The normalized spacial score (nSPS) is 12.3. The maximum atomic E-state index is 12.8. The second kappa shape index (κ2) is 7.38. The van der Waals surface area contributed by atoms with Gasteiger partial charge in [-0.15, -0.1) is 0 Å². The number of rotatable bonds is 6. The van der Waals surface area contributed by atoms with Crippen LogP contribution in [0.15, 0.2) is 29.4 Å². The Bertz CT molecular complexity index is 529. The molecule has 0 heterocycles. The molecule has 5 nitrogen and oxygen atoms in total. The van der Waals surface area contributed by atoms with Crippen LogP contribution in [0.2, 0.25) is 0 Å². The molecule has 0 amide bonds. The van der Waals surface area contributed by atoms with Crippen LogP contribution in [0.4, 0.5) is 13.2 Å². The molecule has 1 N–H and O–H groups in total. The number of alkyl halides is 3. The van der Waals surface area contributed by atoms with E-state index in [4.69, 9.17) is 10.8 Å². The van der Waals surface area contributed by atoms with Crippen molar-refractivity contribution in [2.45, 2.75) is 18.6 Å². The van der Waals surface area contributed by atoms with Crippen molar-refractivity contribution in [3.63, 3.8) is 0 Å². The topological polar surface area (TPSA) is 84.6 Å². The first-order valence-corrected chi connectivity index (χ1v) is 5.80. The van der Waals surface area contributed by atoms with Crippen LogP contribution in [-0.2, 0) is 6.18 Å². The molecule has 0 saturated carbocycles. The number of hydrogen-bond donors (Lipinski definition) is 1. The number of nitrogens with one attached hydrogen (secondary N) is 1. The number of nitriles is 1. The summed E-state index contributed by atoms with van der Waals surface area (Å²) >= 11 is 0. The van der Waals surface area contributed by atoms with Gasteiger partial charge in [0, 0.05) is 11.5 Å². The Labute approximate surface area is 113 Å². The minimum absolute atomic E-state index is 0.105. The van der Waals surface area contributed by atoms with Crippen molar-refractivity contribution in [1.29, 1.82) is 5.26 Å². The van der Waals surface area contributed by atoms with E-state index in [0.717, 1.165) is 6.07 Å². The molecule has 0 aliphatic carbocycles. The van der Waals surface area contributed by atoms with Gasteiger partial charge in [-0.1, -0.05) is 23.3 Å². The largest absolute Gasteiger partial charge is 0.416 e. The van der Waals surface area contributed by atoms with E-state index in [9.17, 15) is 13.2 Å². The molecule has 0 spiro atoms. The predicted molar refractivity (Wildman–Crippen MR) is 66.4 cm³/mol. The Morgan fingerprint density at radius 2 is 2.10 bits per heavy atom. The first-order chi connectivity index (χ1) is 9.50. The van der Waals surface area contributed by atoms with Gasteiger partial charge in [-0.3, -0.25) is 5.32 Å². The fraction of sp³-hybridized carbons (Fsp3) is 0.417. The second-order valence-corrected chi connectivity index (χ2v) is 3.91. The summed E-state index contributed by atoms with van der Waals surface area (Å²) in [5, 5.41) is 15.0. The third kappa shape index (κ3) is 4.46. The van der Waals surface area contributed by atoms with E-state index in [2.05, 4.69) is 15.3 Å². The number of azide groups is 1. The summed E-state index contributed by atoms with van der Waals surface area (Å²) in [7, 11) is 0. The van der Waals surface area contributed by atoms with Gasteiger partial charge in [0.15, 0.2) is 0 Å². The molecular weight excluding hydrogens is 271 g/mol. The van der Waals surface area contributed by atoms with Crippen LogP contribution in [0.5, 0.6) is 0 Å². The van der Waals surface area contributed by atoms with Gasteiger partial charge >= 0.3 is 6.18 Å². The molecule has 0 aromatic heterocycles. The highest BCUT2D eigenvalue weighted by molar-refractivity contribution is 5.35. The van der Waals surface area contributed by atoms with E-state index in [1.165, 1.54) is 18.2 Å². The molecule has 0 fully saturated rings. The van der Waals surface area contributed by atoms with Crippen molar-refractivity contribution in [2.75, 3.05) is 13.1 Å². The first-order valence-electron chi connectivity index (χ1n) is 5.80. The molecule has 20 heavy (non-hydrogen) atoms. The van der Waals surface area contributed by atoms with E-state index in [1.54, 1.807) is 0 Å². The molecule has 1 rings (SSSR count). The SMILES string of the molecule is N#CC(NCCCN=[N+]=[N-])c1ccccc1C(F)(F)F. The van der Waals surface area contributed by atoms with Crippen molar-refractivity contribution < 1.29 is 13.2 Å². The molecule has 0 radical (unpaired) electrons. The molecule has 0 aliphatic heterocycles. The van der Waals surface area contributed by atoms with E-state index in [1.807, 2.05) is 6.07 Å². The fourth-order valence-corrected chi connectivity index (χ4v) is 1.67. The van der Waals surface area contributed by atoms with Crippen molar-refractivity contribution in [2.24, 2.45) is 5.11 Å². The Hall–Kier alpha value is -2.23. The number of nitrogens with zero attached hydrogens (tertiary/aromatic N) is 4. The summed E-state index contributed by atoms with van der Waals surface area (Å²) in [5.41, 5.74) is 7.16. The Morgan fingerprint density at radius 3 is 2.70 bits per heavy atom. The lowest BCUT2D eigenvalue weighted by Crippen LogP contribution is -2.24. The molecule has 0 aliphatic rings. The lowest BCUT2D eigenvalue weighted by atomic mass is 10.0. The number of benzene rings is 1. The standard InChI is InChI=1S/C12H12F3N5/c13-12(14,15)10-5-2-1-4-9(10)11(8-16)18-6-3-7-19-20-17/h1-2,4-5,11,18H,3,6-7H2. The molecule has 1 atom stereocenters. The van der Waals surface area contributed by atoms with Gasteiger partial charge < -0.3 is 0 Å². The summed E-state index contributed by atoms with van der Waals surface area (Å²) in [6.07, 6.45) is -4.06. The van der Waals surface area contributed by atoms with Crippen LogP contribution < -0.4 is 5.32 Å². The first kappa shape index (κ1) is 15.8. The number of halogens is 3. The third-order valence-electron chi connectivity index (χ3n) is 2.55. The molecule has 8 heteroatoms. The average molecular weight is 283 g/mol. The molecular formula is C12H12F3N5. The summed E-state index contributed by atoms with van der Waals surface area (Å²) in [4.78, 5) is 2.56. The van der Waals surface area contributed by atoms with Crippen LogP contribution in [0, 0.1) is 11.3 Å². The Kier molecular flexibility index (Phi) is 5.84. The van der Waals surface area contributed by atoms with Crippen molar-refractivity contribution in [3.05, 3.63) is 45.8 Å². The lowest BCUT2D eigenvalue weighted by molar-refractivity contribution is -0.138. The maximum Gasteiger partial charge on any atom is 0.416 e. The molecule has 0 bridgehead atoms. The highest BCUT2D eigenvalue weighted by atomic mass is 19.4. The predicted octanol–water partition coefficient (Wildman–Crippen LogP) is 3.56. The maximum absolute atomic E-state index is 12.8. The van der Waals surface area contributed by atoms with Crippen molar-refractivity contribution in [1.82, 2.24) is 5.32 Å². The Balaban J connectivity index is 2.80. The Morgan fingerprint density at radius 1 is 1.40 bits per heavy atom. The van der Waals surface area contributed by atoms with E-state index in [0.29, 0.717) is 6.42 Å². The van der Waals surface area contributed by atoms with Crippen LogP contribution in [0.25, 0.3) is 10.4 Å². The summed E-state index contributed by atoms with van der Waals surface area (Å²) in [6.45, 7) is 0.506. The van der Waals surface area contributed by atoms with Crippen LogP contribution in [0.3, 0.4) is 0 Å². The second-order valence-electron chi connectivity index (χ2n) is 3.91. The van der Waals surface area contributed by atoms with Crippen molar-refractivity contribution >= 4 is 0 Å². The summed E-state index contributed by atoms with van der Waals surface area (Å²) in [6, 6.07) is 5.71. The molecule has 106 valence electrons. The van der Waals surface area contributed by atoms with Crippen LogP contribution >= 0.6 is 0 Å². The summed E-state index contributed by atoms with van der Waals surface area (Å²) < 4.78 is 38.5. The fourth-order valence-electron chi connectivity index (χ4n) is 1.67. The van der Waals surface area contributed by atoms with Gasteiger partial charge in [0.25, 0.3) is 0 Å². The highest BCUT2D eigenvalue weighted by Crippen LogP contribution is 2.34. The van der Waals surface area contributed by atoms with Gasteiger partial charge in [0.05, 0.1) is 11.6 Å². The van der Waals surface area contributed by atoms with E-state index < -0.39 is 17.8 Å². The zero-order valence-electron chi connectivity index (χ0n) is 10.4. The molecule has 1 aromatic carbocycles.